The van der Waals surface area contributed by atoms with E-state index in [2.05, 4.69) is 15.9 Å². The summed E-state index contributed by atoms with van der Waals surface area (Å²) in [5.41, 5.74) is 0.0537. The van der Waals surface area contributed by atoms with Gasteiger partial charge >= 0.3 is 5.97 Å². The van der Waals surface area contributed by atoms with Crippen molar-refractivity contribution in [3.05, 3.63) is 58.3 Å². The minimum atomic E-state index is -1.08. The van der Waals surface area contributed by atoms with Crippen molar-refractivity contribution in [2.45, 2.75) is 0 Å². The number of hydrogen-bond donors (Lipinski definition) is 1. The average molecular weight is 311 g/mol. The van der Waals surface area contributed by atoms with Crippen LogP contribution in [-0.4, -0.2) is 11.1 Å². The van der Waals surface area contributed by atoms with E-state index in [1.807, 2.05) is 0 Å². The summed E-state index contributed by atoms with van der Waals surface area (Å²) in [5, 5.41) is 8.99. The zero-order valence-corrected chi connectivity index (χ0v) is 10.6. The van der Waals surface area contributed by atoms with E-state index in [9.17, 15) is 9.18 Å². The molecule has 0 spiro atoms. The van der Waals surface area contributed by atoms with Crippen LogP contribution in [0.4, 0.5) is 4.39 Å². The molecule has 18 heavy (non-hydrogen) atoms. The van der Waals surface area contributed by atoms with Crippen molar-refractivity contribution in [3.63, 3.8) is 0 Å². The Morgan fingerprint density at radius 1 is 1.22 bits per heavy atom. The van der Waals surface area contributed by atoms with Gasteiger partial charge in [-0.05, 0) is 46.3 Å². The van der Waals surface area contributed by atoms with E-state index in [0.717, 1.165) is 0 Å². The van der Waals surface area contributed by atoms with Crippen LogP contribution in [0.1, 0.15) is 10.4 Å². The highest BCUT2D eigenvalue weighted by atomic mass is 79.9. The number of halogens is 2. The van der Waals surface area contributed by atoms with E-state index in [1.54, 1.807) is 18.2 Å². The van der Waals surface area contributed by atoms with Gasteiger partial charge in [0.1, 0.15) is 22.9 Å². The highest BCUT2D eigenvalue weighted by molar-refractivity contribution is 9.10. The Kier molecular flexibility index (Phi) is 3.62. The Labute approximate surface area is 111 Å². The standard InChI is InChI=1S/C13H8BrFO3/c14-10-7-8(5-6-11(10)15)18-12-4-2-1-3-9(12)13(16)17/h1-7H,(H,16,17). The zero-order valence-electron chi connectivity index (χ0n) is 9.06. The van der Waals surface area contributed by atoms with Crippen LogP contribution < -0.4 is 4.74 Å². The first-order chi connectivity index (χ1) is 8.58. The number of carbonyl (C=O) groups is 1. The minimum absolute atomic E-state index is 0.0537. The molecule has 0 heterocycles. The molecular weight excluding hydrogens is 303 g/mol. The van der Waals surface area contributed by atoms with E-state index in [-0.39, 0.29) is 15.8 Å². The number of carboxylic acids is 1. The fraction of sp³-hybridized carbons (Fsp3) is 0. The van der Waals surface area contributed by atoms with Crippen molar-refractivity contribution in [1.82, 2.24) is 0 Å². The number of ether oxygens (including phenoxy) is 1. The second-order valence-electron chi connectivity index (χ2n) is 3.48. The van der Waals surface area contributed by atoms with E-state index in [4.69, 9.17) is 9.84 Å². The summed E-state index contributed by atoms with van der Waals surface area (Å²) in [6, 6.07) is 10.4. The molecule has 2 aromatic carbocycles. The minimum Gasteiger partial charge on any atom is -0.478 e. The van der Waals surface area contributed by atoms with Gasteiger partial charge in [-0.3, -0.25) is 0 Å². The van der Waals surface area contributed by atoms with Gasteiger partial charge in [0.05, 0.1) is 4.47 Å². The van der Waals surface area contributed by atoms with Crippen LogP contribution in [0.5, 0.6) is 11.5 Å². The van der Waals surface area contributed by atoms with Crippen molar-refractivity contribution in [2.75, 3.05) is 0 Å². The van der Waals surface area contributed by atoms with E-state index in [1.165, 1.54) is 24.3 Å². The molecule has 1 N–H and O–H groups in total. The molecule has 0 aliphatic carbocycles. The van der Waals surface area contributed by atoms with Crippen LogP contribution >= 0.6 is 15.9 Å². The van der Waals surface area contributed by atoms with E-state index < -0.39 is 11.8 Å². The quantitative estimate of drug-likeness (QED) is 0.929. The van der Waals surface area contributed by atoms with Crippen molar-refractivity contribution < 1.29 is 19.0 Å². The third-order valence-electron chi connectivity index (χ3n) is 2.24. The lowest BCUT2D eigenvalue weighted by Crippen LogP contribution is -1.99. The molecule has 2 rings (SSSR count). The third-order valence-corrected chi connectivity index (χ3v) is 2.84. The number of aromatic carboxylic acids is 1. The molecule has 0 saturated heterocycles. The largest absolute Gasteiger partial charge is 0.478 e. The number of benzene rings is 2. The summed E-state index contributed by atoms with van der Waals surface area (Å²) in [5.74, 6) is -0.916. The molecule has 0 aliphatic heterocycles. The van der Waals surface area contributed by atoms with Gasteiger partial charge < -0.3 is 9.84 Å². The highest BCUT2D eigenvalue weighted by Gasteiger charge is 2.11. The number of rotatable bonds is 3. The number of carboxylic acid groups (broad SMARTS) is 1. The van der Waals surface area contributed by atoms with Gasteiger partial charge in [-0.25, -0.2) is 9.18 Å². The molecule has 0 unspecified atom stereocenters. The van der Waals surface area contributed by atoms with Crippen molar-refractivity contribution in [1.29, 1.82) is 0 Å². The van der Waals surface area contributed by atoms with E-state index >= 15 is 0 Å². The van der Waals surface area contributed by atoms with Crippen molar-refractivity contribution in [2.24, 2.45) is 0 Å². The predicted octanol–water partition coefficient (Wildman–Crippen LogP) is 4.08. The lowest BCUT2D eigenvalue weighted by atomic mass is 10.2. The fourth-order valence-electron chi connectivity index (χ4n) is 1.40. The Bertz CT molecular complexity index is 599. The number of para-hydroxylation sites is 1. The lowest BCUT2D eigenvalue weighted by molar-refractivity contribution is 0.0694. The summed E-state index contributed by atoms with van der Waals surface area (Å²) in [6.45, 7) is 0. The van der Waals surface area contributed by atoms with Gasteiger partial charge in [-0.15, -0.1) is 0 Å². The second-order valence-corrected chi connectivity index (χ2v) is 4.33. The highest BCUT2D eigenvalue weighted by Crippen LogP contribution is 2.28. The molecular formula is C13H8BrFO3. The molecule has 0 fully saturated rings. The molecule has 3 nitrogen and oxygen atoms in total. The molecule has 0 radical (unpaired) electrons. The molecule has 0 aliphatic rings. The van der Waals surface area contributed by atoms with Gasteiger partial charge in [0.15, 0.2) is 0 Å². The van der Waals surface area contributed by atoms with Crippen LogP contribution in [-0.2, 0) is 0 Å². The maximum atomic E-state index is 13.0. The van der Waals surface area contributed by atoms with Gasteiger partial charge in [0, 0.05) is 0 Å². The van der Waals surface area contributed by atoms with Crippen molar-refractivity contribution in [3.8, 4) is 11.5 Å². The summed E-state index contributed by atoms with van der Waals surface area (Å²) in [4.78, 5) is 11.0. The van der Waals surface area contributed by atoms with Crippen molar-refractivity contribution >= 4 is 21.9 Å². The summed E-state index contributed by atoms with van der Waals surface area (Å²) in [6.07, 6.45) is 0. The van der Waals surface area contributed by atoms with Gasteiger partial charge in [0.2, 0.25) is 0 Å². The van der Waals surface area contributed by atoms with Crippen LogP contribution in [0.2, 0.25) is 0 Å². The Balaban J connectivity index is 2.34. The SMILES string of the molecule is O=C(O)c1ccccc1Oc1ccc(F)c(Br)c1. The fourth-order valence-corrected chi connectivity index (χ4v) is 1.76. The monoisotopic (exact) mass is 310 g/mol. The molecule has 0 bridgehead atoms. The average Bonchev–Trinajstić information content (AvgIpc) is 2.34. The molecule has 92 valence electrons. The Hall–Kier alpha value is -1.88. The van der Waals surface area contributed by atoms with Crippen LogP contribution in [0.15, 0.2) is 46.9 Å². The van der Waals surface area contributed by atoms with Gasteiger partial charge in [-0.2, -0.15) is 0 Å². The molecule has 2 aromatic rings. The maximum Gasteiger partial charge on any atom is 0.339 e. The predicted molar refractivity (Wildman–Crippen MR) is 67.6 cm³/mol. The number of hydrogen-bond acceptors (Lipinski definition) is 2. The van der Waals surface area contributed by atoms with Gasteiger partial charge in [-0.1, -0.05) is 12.1 Å². The first-order valence-corrected chi connectivity index (χ1v) is 5.82. The van der Waals surface area contributed by atoms with Crippen LogP contribution in [0.3, 0.4) is 0 Å². The van der Waals surface area contributed by atoms with E-state index in [0.29, 0.717) is 5.75 Å². The molecule has 0 saturated carbocycles. The molecule has 0 amide bonds. The third kappa shape index (κ3) is 2.68. The normalized spacial score (nSPS) is 10.1. The topological polar surface area (TPSA) is 46.5 Å². The zero-order chi connectivity index (χ0) is 13.1. The Morgan fingerprint density at radius 2 is 1.94 bits per heavy atom. The summed E-state index contributed by atoms with van der Waals surface area (Å²) < 4.78 is 18.7. The summed E-state index contributed by atoms with van der Waals surface area (Å²) in [7, 11) is 0. The first kappa shape index (κ1) is 12.6. The second kappa shape index (κ2) is 5.18. The molecule has 0 aromatic heterocycles. The van der Waals surface area contributed by atoms with Crippen LogP contribution in [0, 0.1) is 5.82 Å². The summed E-state index contributed by atoms with van der Waals surface area (Å²) >= 11 is 3.04. The Morgan fingerprint density at radius 3 is 2.61 bits per heavy atom. The lowest BCUT2D eigenvalue weighted by Gasteiger charge is -2.08. The molecule has 5 heteroatoms. The maximum absolute atomic E-state index is 13.0. The first-order valence-electron chi connectivity index (χ1n) is 5.03. The molecule has 0 atom stereocenters. The van der Waals surface area contributed by atoms with Gasteiger partial charge in [0.25, 0.3) is 0 Å². The smallest absolute Gasteiger partial charge is 0.339 e. The van der Waals surface area contributed by atoms with Crippen LogP contribution in [0.25, 0.3) is 0 Å².